The number of non-ortho nitro benzene ring substituents is 1. The fourth-order valence-electron chi connectivity index (χ4n) is 1.34. The first-order valence-corrected chi connectivity index (χ1v) is 6.99. The van der Waals surface area contributed by atoms with Gasteiger partial charge >= 0.3 is 0 Å². The Labute approximate surface area is 118 Å². The predicted molar refractivity (Wildman–Crippen MR) is 70.9 cm³/mol. The molecule has 104 valence electrons. The molecule has 0 unspecified atom stereocenters. The van der Waals surface area contributed by atoms with Crippen LogP contribution in [0.3, 0.4) is 0 Å². The van der Waals surface area contributed by atoms with E-state index in [9.17, 15) is 18.5 Å². The molecule has 0 spiro atoms. The lowest BCUT2D eigenvalue weighted by Gasteiger charge is -2.07. The lowest BCUT2D eigenvalue weighted by atomic mass is 10.3. The number of rotatable bonds is 4. The second-order valence-electron chi connectivity index (χ2n) is 3.60. The molecule has 0 bridgehead atoms. The molecule has 20 heavy (non-hydrogen) atoms. The third-order valence-electron chi connectivity index (χ3n) is 2.22. The van der Waals surface area contributed by atoms with Crippen LogP contribution in [-0.2, 0) is 10.0 Å². The Hall–Kier alpha value is -2.26. The third-order valence-corrected chi connectivity index (χ3v) is 3.75. The van der Waals surface area contributed by atoms with E-state index in [0.29, 0.717) is 0 Å². The van der Waals surface area contributed by atoms with Crippen LogP contribution in [-0.4, -0.2) is 23.3 Å². The van der Waals surface area contributed by atoms with Crippen LogP contribution >= 0.6 is 11.6 Å². The van der Waals surface area contributed by atoms with Crippen molar-refractivity contribution in [1.29, 1.82) is 0 Å². The number of hydrogen-bond acceptors (Lipinski definition) is 6. The summed E-state index contributed by atoms with van der Waals surface area (Å²) < 4.78 is 26.2. The first-order chi connectivity index (χ1) is 9.38. The lowest BCUT2D eigenvalue weighted by molar-refractivity contribution is -0.384. The maximum atomic E-state index is 12.0. The zero-order valence-corrected chi connectivity index (χ0v) is 11.3. The number of hydrogen-bond donors (Lipinski definition) is 1. The molecule has 0 aliphatic carbocycles. The second-order valence-corrected chi connectivity index (χ2v) is 5.62. The SMILES string of the molecule is O=[N+]([O-])c1cccc(NS(=O)(=O)c2cnc(Cl)nc2)c1. The van der Waals surface area contributed by atoms with E-state index < -0.39 is 14.9 Å². The van der Waals surface area contributed by atoms with Crippen molar-refractivity contribution in [3.63, 3.8) is 0 Å². The minimum atomic E-state index is -3.93. The van der Waals surface area contributed by atoms with Gasteiger partial charge in [-0.2, -0.15) is 0 Å². The van der Waals surface area contributed by atoms with E-state index in [0.717, 1.165) is 18.5 Å². The molecule has 0 saturated carbocycles. The lowest BCUT2D eigenvalue weighted by Crippen LogP contribution is -2.13. The smallest absolute Gasteiger partial charge is 0.271 e. The van der Waals surface area contributed by atoms with Gasteiger partial charge in [-0.1, -0.05) is 6.07 Å². The molecular weight excluding hydrogens is 308 g/mol. The van der Waals surface area contributed by atoms with Crippen LogP contribution in [0.25, 0.3) is 0 Å². The summed E-state index contributed by atoms with van der Waals surface area (Å²) in [6.45, 7) is 0. The molecule has 10 heteroatoms. The summed E-state index contributed by atoms with van der Waals surface area (Å²) in [6.07, 6.45) is 2.07. The Bertz CT molecular complexity index is 748. The van der Waals surface area contributed by atoms with Gasteiger partial charge in [0.15, 0.2) is 0 Å². The summed E-state index contributed by atoms with van der Waals surface area (Å²) in [5, 5.41) is 10.5. The van der Waals surface area contributed by atoms with Crippen LogP contribution in [0.1, 0.15) is 0 Å². The number of sulfonamides is 1. The van der Waals surface area contributed by atoms with Crippen molar-refractivity contribution in [3.8, 4) is 0 Å². The fourth-order valence-corrected chi connectivity index (χ4v) is 2.37. The van der Waals surface area contributed by atoms with Gasteiger partial charge in [-0.3, -0.25) is 14.8 Å². The Morgan fingerprint density at radius 3 is 2.50 bits per heavy atom. The van der Waals surface area contributed by atoms with E-state index in [-0.39, 0.29) is 21.6 Å². The highest BCUT2D eigenvalue weighted by atomic mass is 35.5. The molecule has 0 fully saturated rings. The topological polar surface area (TPSA) is 115 Å². The summed E-state index contributed by atoms with van der Waals surface area (Å²) in [6, 6.07) is 5.12. The van der Waals surface area contributed by atoms with E-state index in [1.165, 1.54) is 18.2 Å². The number of anilines is 1. The number of aromatic nitrogens is 2. The number of benzene rings is 1. The molecule has 8 nitrogen and oxygen atoms in total. The highest BCUT2D eigenvalue weighted by molar-refractivity contribution is 7.92. The van der Waals surface area contributed by atoms with Crippen molar-refractivity contribution in [2.45, 2.75) is 4.90 Å². The van der Waals surface area contributed by atoms with Crippen LogP contribution in [0, 0.1) is 10.1 Å². The third kappa shape index (κ3) is 3.19. The minimum absolute atomic E-state index is 0.0640. The number of halogens is 1. The quantitative estimate of drug-likeness (QED) is 0.523. The number of nitrogens with one attached hydrogen (secondary N) is 1. The van der Waals surface area contributed by atoms with Gasteiger partial charge < -0.3 is 0 Å². The monoisotopic (exact) mass is 314 g/mol. The summed E-state index contributed by atoms with van der Waals surface area (Å²) in [4.78, 5) is 16.9. The molecule has 0 aliphatic heterocycles. The van der Waals surface area contributed by atoms with Crippen molar-refractivity contribution in [2.24, 2.45) is 0 Å². The first kappa shape index (κ1) is 14.2. The van der Waals surface area contributed by atoms with E-state index in [1.807, 2.05) is 0 Å². The largest absolute Gasteiger partial charge is 0.279 e. The van der Waals surface area contributed by atoms with Crippen molar-refractivity contribution in [3.05, 3.63) is 52.1 Å². The van der Waals surface area contributed by atoms with Gasteiger partial charge in [-0.25, -0.2) is 18.4 Å². The number of nitrogens with zero attached hydrogens (tertiary/aromatic N) is 3. The summed E-state index contributed by atoms with van der Waals surface area (Å²) >= 11 is 5.47. The molecule has 1 aromatic carbocycles. The first-order valence-electron chi connectivity index (χ1n) is 5.13. The highest BCUT2D eigenvalue weighted by Crippen LogP contribution is 2.20. The zero-order chi connectivity index (χ0) is 14.8. The maximum Gasteiger partial charge on any atom is 0.271 e. The van der Waals surface area contributed by atoms with Crippen LogP contribution in [0.2, 0.25) is 5.28 Å². The molecule has 0 saturated heterocycles. The van der Waals surface area contributed by atoms with Gasteiger partial charge in [0, 0.05) is 12.1 Å². The Balaban J connectivity index is 2.31. The average molecular weight is 315 g/mol. The van der Waals surface area contributed by atoms with Crippen LogP contribution in [0.4, 0.5) is 11.4 Å². The van der Waals surface area contributed by atoms with Gasteiger partial charge in [-0.05, 0) is 17.7 Å². The van der Waals surface area contributed by atoms with Crippen molar-refractivity contribution in [1.82, 2.24) is 9.97 Å². The molecule has 0 aliphatic rings. The molecular formula is C10H7ClN4O4S. The van der Waals surface area contributed by atoms with Crippen LogP contribution in [0.5, 0.6) is 0 Å². The van der Waals surface area contributed by atoms with Crippen molar-refractivity contribution in [2.75, 3.05) is 4.72 Å². The molecule has 2 aromatic rings. The van der Waals surface area contributed by atoms with Crippen molar-refractivity contribution >= 4 is 33.0 Å². The zero-order valence-electron chi connectivity index (χ0n) is 9.72. The van der Waals surface area contributed by atoms with Crippen LogP contribution in [0.15, 0.2) is 41.6 Å². The molecule has 1 heterocycles. The molecule has 2 rings (SSSR count). The van der Waals surface area contributed by atoms with Gasteiger partial charge in [0.2, 0.25) is 5.28 Å². The molecule has 0 atom stereocenters. The van der Waals surface area contributed by atoms with Crippen molar-refractivity contribution < 1.29 is 13.3 Å². The molecule has 0 amide bonds. The Morgan fingerprint density at radius 1 is 1.25 bits per heavy atom. The average Bonchev–Trinajstić information content (AvgIpc) is 2.39. The van der Waals surface area contributed by atoms with E-state index >= 15 is 0 Å². The van der Waals surface area contributed by atoms with Gasteiger partial charge in [0.05, 0.1) is 23.0 Å². The second kappa shape index (κ2) is 5.39. The number of nitro benzene ring substituents is 1. The summed E-state index contributed by atoms with van der Waals surface area (Å²) in [7, 11) is -3.93. The highest BCUT2D eigenvalue weighted by Gasteiger charge is 2.16. The van der Waals surface area contributed by atoms with E-state index in [4.69, 9.17) is 11.6 Å². The van der Waals surface area contributed by atoms with Crippen LogP contribution < -0.4 is 4.72 Å². The Morgan fingerprint density at radius 2 is 1.90 bits per heavy atom. The number of nitro groups is 1. The van der Waals surface area contributed by atoms with Gasteiger partial charge in [-0.15, -0.1) is 0 Å². The van der Waals surface area contributed by atoms with Gasteiger partial charge in [0.1, 0.15) is 4.90 Å². The summed E-state index contributed by atoms with van der Waals surface area (Å²) in [5.74, 6) is 0. The fraction of sp³-hybridized carbons (Fsp3) is 0. The normalized spacial score (nSPS) is 11.1. The molecule has 1 N–H and O–H groups in total. The molecule has 0 radical (unpaired) electrons. The Kier molecular flexibility index (Phi) is 3.81. The summed E-state index contributed by atoms with van der Waals surface area (Å²) in [5.41, 5.74) is -0.160. The van der Waals surface area contributed by atoms with E-state index in [2.05, 4.69) is 14.7 Å². The predicted octanol–water partition coefficient (Wildman–Crippen LogP) is 1.84. The standard InChI is InChI=1S/C10H7ClN4O4S/c11-10-12-5-9(6-13-10)20(18,19)14-7-2-1-3-8(4-7)15(16)17/h1-6,14H. The molecule has 1 aromatic heterocycles. The maximum absolute atomic E-state index is 12.0. The van der Waals surface area contributed by atoms with Gasteiger partial charge in [0.25, 0.3) is 15.7 Å². The minimum Gasteiger partial charge on any atom is -0.279 e. The van der Waals surface area contributed by atoms with E-state index in [1.54, 1.807) is 0 Å².